The maximum atomic E-state index is 2.50. The molecule has 4 heterocycles. The van der Waals surface area contributed by atoms with Gasteiger partial charge < -0.3 is 14.4 Å². The van der Waals surface area contributed by atoms with Crippen LogP contribution in [0.3, 0.4) is 0 Å². The first kappa shape index (κ1) is 27.0. The van der Waals surface area contributed by atoms with Crippen LogP contribution in [0.1, 0.15) is 0 Å². The van der Waals surface area contributed by atoms with E-state index in [0.717, 1.165) is 11.4 Å². The molecule has 0 atom stereocenters. The topological polar surface area (TPSA) is 11.4 Å². The number of nitrogens with zero attached hydrogens (tertiary/aromatic N) is 3. The van der Waals surface area contributed by atoms with Crippen LogP contribution in [-0.2, 0) is 0 Å². The largest absolute Gasteiger partial charge is 0.311 e. The molecule has 11 rings (SSSR count). The van der Waals surface area contributed by atoms with Gasteiger partial charge in [-0.25, -0.2) is 0 Å². The summed E-state index contributed by atoms with van der Waals surface area (Å²) in [5.74, 6) is 0. The molecule has 228 valence electrons. The van der Waals surface area contributed by atoms with Crippen LogP contribution in [0.5, 0.6) is 0 Å². The lowest BCUT2D eigenvalue weighted by atomic mass is 9.36. The van der Waals surface area contributed by atoms with E-state index < -0.39 is 0 Å². The van der Waals surface area contributed by atoms with Crippen molar-refractivity contribution in [2.75, 3.05) is 9.80 Å². The summed E-state index contributed by atoms with van der Waals surface area (Å²) in [6.07, 6.45) is 0. The maximum absolute atomic E-state index is 2.50. The second-order valence-corrected chi connectivity index (χ2v) is 14.0. The zero-order chi connectivity index (χ0) is 32.1. The second-order valence-electron chi connectivity index (χ2n) is 12.9. The van der Waals surface area contributed by atoms with Crippen molar-refractivity contribution in [3.05, 3.63) is 170 Å². The van der Waals surface area contributed by atoms with Gasteiger partial charge in [-0.1, -0.05) is 103 Å². The van der Waals surface area contributed by atoms with E-state index in [-0.39, 0.29) is 6.71 Å². The Morgan fingerprint density at radius 2 is 1.00 bits per heavy atom. The fraction of sp³-hybridized carbons (Fsp3) is 0. The van der Waals surface area contributed by atoms with Crippen molar-refractivity contribution in [3.63, 3.8) is 0 Å². The number of anilines is 6. The van der Waals surface area contributed by atoms with Crippen molar-refractivity contribution in [2.45, 2.75) is 0 Å². The first-order valence-electron chi connectivity index (χ1n) is 16.8. The molecule has 0 spiro atoms. The lowest BCUT2D eigenvalue weighted by Crippen LogP contribution is -2.60. The minimum Gasteiger partial charge on any atom is -0.311 e. The lowest BCUT2D eigenvalue weighted by molar-refractivity contribution is 1.17. The molecule has 9 aromatic rings. The summed E-state index contributed by atoms with van der Waals surface area (Å²) in [5.41, 5.74) is 13.6. The Kier molecular flexibility index (Phi) is 5.63. The van der Waals surface area contributed by atoms with Gasteiger partial charge in [0.2, 0.25) is 0 Å². The molecule has 0 saturated carbocycles. The van der Waals surface area contributed by atoms with Crippen LogP contribution in [0.4, 0.5) is 34.1 Å². The minimum atomic E-state index is 0.0979. The Morgan fingerprint density at radius 3 is 1.69 bits per heavy atom. The number of benzene rings is 7. The number of fused-ring (bicyclic) bond motifs is 9. The summed E-state index contributed by atoms with van der Waals surface area (Å²) in [4.78, 5) is 4.99. The molecule has 3 nitrogen and oxygen atoms in total. The van der Waals surface area contributed by atoms with Crippen molar-refractivity contribution in [1.29, 1.82) is 0 Å². The van der Waals surface area contributed by atoms with Crippen LogP contribution in [-0.4, -0.2) is 11.3 Å². The summed E-state index contributed by atoms with van der Waals surface area (Å²) in [5, 5.41) is 3.85. The van der Waals surface area contributed by atoms with Crippen LogP contribution in [0.25, 0.3) is 37.6 Å². The van der Waals surface area contributed by atoms with Crippen LogP contribution >= 0.6 is 11.3 Å². The van der Waals surface area contributed by atoms with Crippen LogP contribution in [0.2, 0.25) is 0 Å². The molecule has 2 aliphatic heterocycles. The Bertz CT molecular complexity index is 2690. The molecule has 0 aliphatic carbocycles. The van der Waals surface area contributed by atoms with Crippen molar-refractivity contribution in [1.82, 2.24) is 4.57 Å². The highest BCUT2D eigenvalue weighted by atomic mass is 32.1. The van der Waals surface area contributed by atoms with Crippen molar-refractivity contribution in [3.8, 4) is 5.69 Å². The van der Waals surface area contributed by atoms with Crippen molar-refractivity contribution >= 4 is 99.8 Å². The zero-order valence-electron chi connectivity index (χ0n) is 26.5. The van der Waals surface area contributed by atoms with E-state index in [9.17, 15) is 0 Å². The number of thiophene rings is 1. The van der Waals surface area contributed by atoms with E-state index in [4.69, 9.17) is 0 Å². The second kappa shape index (κ2) is 10.2. The van der Waals surface area contributed by atoms with Gasteiger partial charge in [0.15, 0.2) is 0 Å². The van der Waals surface area contributed by atoms with E-state index >= 15 is 0 Å². The molecular weight excluding hydrogens is 613 g/mol. The molecule has 0 N–H and O–H groups in total. The van der Waals surface area contributed by atoms with Gasteiger partial charge in [-0.3, -0.25) is 0 Å². The fourth-order valence-electron chi connectivity index (χ4n) is 8.39. The third-order valence-electron chi connectivity index (χ3n) is 10.3. The molecule has 0 amide bonds. The summed E-state index contributed by atoms with van der Waals surface area (Å²) >= 11 is 1.94. The third kappa shape index (κ3) is 3.73. The van der Waals surface area contributed by atoms with Crippen molar-refractivity contribution < 1.29 is 0 Å². The quantitative estimate of drug-likeness (QED) is 0.178. The maximum Gasteiger partial charge on any atom is 0.264 e. The molecule has 2 aliphatic rings. The van der Waals surface area contributed by atoms with Gasteiger partial charge in [0.05, 0.1) is 16.7 Å². The summed E-state index contributed by atoms with van der Waals surface area (Å²) in [6, 6.07) is 62.2. The van der Waals surface area contributed by atoms with Gasteiger partial charge in [-0.15, -0.1) is 11.3 Å². The summed E-state index contributed by atoms with van der Waals surface area (Å²) in [7, 11) is 0. The Hall–Kier alpha value is -6.04. The molecule has 0 unspecified atom stereocenters. The highest BCUT2D eigenvalue weighted by Crippen LogP contribution is 2.47. The SMILES string of the molecule is c1ccc(N2c3cc(-n4c5ccccc5c5ccccc54)ccc3B3c4sc5ccccc5c4N(c4ccccc4)c4cccc2c43)cc1. The number of aromatic nitrogens is 1. The average molecular weight is 642 g/mol. The number of rotatable bonds is 3. The number of para-hydroxylation sites is 4. The van der Waals surface area contributed by atoms with Gasteiger partial charge in [-0.2, -0.15) is 0 Å². The van der Waals surface area contributed by atoms with Crippen LogP contribution in [0, 0.1) is 0 Å². The number of hydrogen-bond acceptors (Lipinski definition) is 3. The van der Waals surface area contributed by atoms with Gasteiger partial charge >= 0.3 is 0 Å². The fourth-order valence-corrected chi connectivity index (χ4v) is 9.71. The molecule has 0 saturated heterocycles. The van der Waals surface area contributed by atoms with Gasteiger partial charge in [0.1, 0.15) is 0 Å². The molecule has 7 aromatic carbocycles. The summed E-state index contributed by atoms with van der Waals surface area (Å²) in [6.45, 7) is 0.0979. The normalized spacial score (nSPS) is 13.2. The first-order valence-corrected chi connectivity index (χ1v) is 17.6. The number of hydrogen-bond donors (Lipinski definition) is 0. The van der Waals surface area contributed by atoms with Gasteiger partial charge in [-0.05, 0) is 77.7 Å². The van der Waals surface area contributed by atoms with E-state index in [1.807, 2.05) is 11.3 Å². The van der Waals surface area contributed by atoms with E-state index in [1.54, 1.807) is 0 Å². The summed E-state index contributed by atoms with van der Waals surface area (Å²) < 4.78 is 5.14. The molecule has 49 heavy (non-hydrogen) atoms. The standard InChI is InChI=1S/C44H28BN3S/c1-3-14-29(15-4-1)46-38-23-13-24-39-42(38)45(44-43(34-20-9-12-25-41(34)49-44)48(39)30-16-5-2-6-17-30)35-27-26-31(28-40(35)46)47-36-21-10-7-18-32(36)33-19-8-11-22-37(33)47/h1-28H. The Morgan fingerprint density at radius 1 is 0.429 bits per heavy atom. The predicted molar refractivity (Wildman–Crippen MR) is 210 cm³/mol. The Balaban J connectivity index is 1.24. The highest BCUT2D eigenvalue weighted by Gasteiger charge is 2.45. The molecule has 0 radical (unpaired) electrons. The Labute approximate surface area is 288 Å². The van der Waals surface area contributed by atoms with Gasteiger partial charge in [0.25, 0.3) is 6.71 Å². The van der Waals surface area contributed by atoms with E-state index in [0.29, 0.717) is 0 Å². The predicted octanol–water partition coefficient (Wildman–Crippen LogP) is 10.1. The zero-order valence-corrected chi connectivity index (χ0v) is 27.3. The molecule has 2 aromatic heterocycles. The van der Waals surface area contributed by atoms with Crippen molar-refractivity contribution in [2.24, 2.45) is 0 Å². The smallest absolute Gasteiger partial charge is 0.264 e. The highest BCUT2D eigenvalue weighted by molar-refractivity contribution is 7.33. The third-order valence-corrected chi connectivity index (χ3v) is 11.6. The lowest BCUT2D eigenvalue weighted by Gasteiger charge is -2.43. The van der Waals surface area contributed by atoms with Crippen LogP contribution in [0.15, 0.2) is 170 Å². The molecule has 5 heteroatoms. The first-order chi connectivity index (χ1) is 24.3. The molecular formula is C44H28BN3S. The monoisotopic (exact) mass is 641 g/mol. The molecule has 0 fully saturated rings. The molecule has 0 bridgehead atoms. The average Bonchev–Trinajstić information content (AvgIpc) is 3.72. The van der Waals surface area contributed by atoms with E-state index in [2.05, 4.69) is 184 Å². The van der Waals surface area contributed by atoms with Crippen LogP contribution < -0.4 is 25.5 Å². The van der Waals surface area contributed by atoms with Gasteiger partial charge in [0, 0.05) is 59.8 Å². The minimum absolute atomic E-state index is 0.0979. The van der Waals surface area contributed by atoms with E-state index in [1.165, 1.54) is 76.0 Å².